The predicted molar refractivity (Wildman–Crippen MR) is 116 cm³/mol. The van der Waals surface area contributed by atoms with Gasteiger partial charge in [0.15, 0.2) is 0 Å². The summed E-state index contributed by atoms with van der Waals surface area (Å²) in [5.74, 6) is -0.964. The predicted octanol–water partition coefficient (Wildman–Crippen LogP) is 4.39. The van der Waals surface area contributed by atoms with Crippen LogP contribution in [-0.4, -0.2) is 23.1 Å². The summed E-state index contributed by atoms with van der Waals surface area (Å²) in [5.41, 5.74) is 3.59. The summed E-state index contributed by atoms with van der Waals surface area (Å²) in [7, 11) is 0. The highest BCUT2D eigenvalue weighted by molar-refractivity contribution is 6.03. The number of amides is 2. The van der Waals surface area contributed by atoms with Gasteiger partial charge < -0.3 is 10.2 Å². The standard InChI is InChI=1S/C24H20F3N3O3/c25-24(26,27)18-5-3-4-16(12-18)13-21-23(32)28-19-6-1-2-7-20(19)30(21)14-15-8-10-17(11-9-15)22(31)29-33/h1-12,21,33H,13-14H2,(H,28,32)(H,29,31)/t21-/m1/s1. The summed E-state index contributed by atoms with van der Waals surface area (Å²) in [6.45, 7) is 0.287. The fourth-order valence-corrected chi connectivity index (χ4v) is 3.87. The first-order chi connectivity index (χ1) is 15.8. The van der Waals surface area contributed by atoms with Gasteiger partial charge in [-0.1, -0.05) is 42.5 Å². The topological polar surface area (TPSA) is 81.7 Å². The molecule has 0 aliphatic carbocycles. The molecule has 1 aliphatic rings. The number of hydroxylamine groups is 1. The van der Waals surface area contributed by atoms with Crippen molar-refractivity contribution in [2.24, 2.45) is 0 Å². The Kier molecular flexibility index (Phi) is 6.06. The van der Waals surface area contributed by atoms with Crippen LogP contribution in [0.25, 0.3) is 0 Å². The number of para-hydroxylation sites is 2. The van der Waals surface area contributed by atoms with Crippen LogP contribution in [0.4, 0.5) is 24.5 Å². The Labute approximate surface area is 187 Å². The van der Waals surface area contributed by atoms with E-state index in [0.29, 0.717) is 11.3 Å². The Hall–Kier alpha value is -3.85. The van der Waals surface area contributed by atoms with Gasteiger partial charge in [0.25, 0.3) is 5.91 Å². The molecule has 0 bridgehead atoms. The van der Waals surface area contributed by atoms with Crippen molar-refractivity contribution in [2.75, 3.05) is 10.2 Å². The van der Waals surface area contributed by atoms with Crippen LogP contribution in [0.2, 0.25) is 0 Å². The van der Waals surface area contributed by atoms with Crippen LogP contribution in [0.15, 0.2) is 72.8 Å². The van der Waals surface area contributed by atoms with Gasteiger partial charge in [0.2, 0.25) is 5.91 Å². The number of nitrogens with one attached hydrogen (secondary N) is 2. The zero-order chi connectivity index (χ0) is 23.6. The van der Waals surface area contributed by atoms with Gasteiger partial charge >= 0.3 is 6.18 Å². The Balaban J connectivity index is 1.66. The number of hydrogen-bond acceptors (Lipinski definition) is 4. The van der Waals surface area contributed by atoms with E-state index < -0.39 is 23.7 Å². The molecule has 3 N–H and O–H groups in total. The lowest BCUT2D eigenvalue weighted by molar-refractivity contribution is -0.137. The minimum Gasteiger partial charge on any atom is -0.353 e. The second-order valence-corrected chi connectivity index (χ2v) is 7.69. The maximum Gasteiger partial charge on any atom is 0.416 e. The highest BCUT2D eigenvalue weighted by Gasteiger charge is 2.34. The summed E-state index contributed by atoms with van der Waals surface area (Å²) < 4.78 is 39.5. The molecule has 170 valence electrons. The number of fused-ring (bicyclic) bond motifs is 1. The van der Waals surface area contributed by atoms with Crippen molar-refractivity contribution in [2.45, 2.75) is 25.2 Å². The summed E-state index contributed by atoms with van der Waals surface area (Å²) in [6, 6.07) is 17.9. The molecule has 3 aromatic rings. The monoisotopic (exact) mass is 455 g/mol. The van der Waals surface area contributed by atoms with E-state index in [2.05, 4.69) is 5.32 Å². The number of halogens is 3. The number of carbonyl (C=O) groups is 2. The first kappa shape index (κ1) is 22.3. The van der Waals surface area contributed by atoms with Crippen molar-refractivity contribution in [1.29, 1.82) is 0 Å². The SMILES string of the molecule is O=C(NO)c1ccc(CN2c3ccccc3NC(=O)[C@H]2Cc2cccc(C(F)(F)F)c2)cc1. The number of hydrogen-bond donors (Lipinski definition) is 3. The number of rotatable bonds is 5. The lowest BCUT2D eigenvalue weighted by Crippen LogP contribution is -2.49. The number of carbonyl (C=O) groups excluding carboxylic acids is 2. The van der Waals surface area contributed by atoms with Gasteiger partial charge in [0.1, 0.15) is 6.04 Å². The number of nitrogens with zero attached hydrogens (tertiary/aromatic N) is 1. The molecule has 0 spiro atoms. The summed E-state index contributed by atoms with van der Waals surface area (Å²) in [6.07, 6.45) is -4.39. The van der Waals surface area contributed by atoms with E-state index in [1.54, 1.807) is 47.9 Å². The van der Waals surface area contributed by atoms with Gasteiger partial charge in [-0.2, -0.15) is 13.2 Å². The van der Waals surface area contributed by atoms with Crippen LogP contribution in [0.1, 0.15) is 27.0 Å². The molecular formula is C24H20F3N3O3. The van der Waals surface area contributed by atoms with E-state index >= 15 is 0 Å². The molecule has 0 saturated heterocycles. The summed E-state index contributed by atoms with van der Waals surface area (Å²) in [5, 5.41) is 11.6. The molecule has 2 amide bonds. The minimum absolute atomic E-state index is 0.0785. The van der Waals surface area contributed by atoms with Gasteiger partial charge in [0, 0.05) is 18.5 Å². The molecule has 0 unspecified atom stereocenters. The highest BCUT2D eigenvalue weighted by Crippen LogP contribution is 2.35. The van der Waals surface area contributed by atoms with Gasteiger partial charge in [0.05, 0.1) is 16.9 Å². The molecule has 0 radical (unpaired) electrons. The quantitative estimate of drug-likeness (QED) is 0.394. The normalized spacial score (nSPS) is 15.6. The average Bonchev–Trinajstić information content (AvgIpc) is 2.81. The summed E-state index contributed by atoms with van der Waals surface area (Å²) in [4.78, 5) is 26.4. The van der Waals surface area contributed by atoms with Crippen molar-refractivity contribution in [3.63, 3.8) is 0 Å². The van der Waals surface area contributed by atoms with E-state index in [1.165, 1.54) is 6.07 Å². The number of benzene rings is 3. The Bertz CT molecular complexity index is 1180. The van der Waals surface area contributed by atoms with Gasteiger partial charge in [-0.3, -0.25) is 14.8 Å². The maximum absolute atomic E-state index is 13.2. The Morgan fingerprint density at radius 2 is 1.73 bits per heavy atom. The van der Waals surface area contributed by atoms with E-state index in [1.807, 2.05) is 17.0 Å². The van der Waals surface area contributed by atoms with E-state index in [-0.39, 0.29) is 24.4 Å². The lowest BCUT2D eigenvalue weighted by Gasteiger charge is -2.38. The van der Waals surface area contributed by atoms with Crippen LogP contribution >= 0.6 is 0 Å². The average molecular weight is 455 g/mol. The molecule has 1 atom stereocenters. The molecule has 0 fully saturated rings. The van der Waals surface area contributed by atoms with Crippen molar-refractivity contribution in [3.05, 3.63) is 95.1 Å². The molecule has 0 saturated carbocycles. The fraction of sp³-hybridized carbons (Fsp3) is 0.167. The molecule has 9 heteroatoms. The van der Waals surface area contributed by atoms with Crippen LogP contribution in [0, 0.1) is 0 Å². The smallest absolute Gasteiger partial charge is 0.353 e. The zero-order valence-electron chi connectivity index (χ0n) is 17.3. The molecule has 4 rings (SSSR count). The van der Waals surface area contributed by atoms with Gasteiger partial charge in [-0.25, -0.2) is 5.48 Å². The van der Waals surface area contributed by atoms with Crippen LogP contribution in [-0.2, 0) is 23.9 Å². The van der Waals surface area contributed by atoms with Crippen molar-refractivity contribution >= 4 is 23.2 Å². The largest absolute Gasteiger partial charge is 0.416 e. The molecule has 1 aliphatic heterocycles. The number of alkyl halides is 3. The highest BCUT2D eigenvalue weighted by atomic mass is 19.4. The molecule has 0 aromatic heterocycles. The third-order valence-corrected chi connectivity index (χ3v) is 5.50. The van der Waals surface area contributed by atoms with Crippen molar-refractivity contribution in [1.82, 2.24) is 5.48 Å². The molecule has 1 heterocycles. The van der Waals surface area contributed by atoms with Crippen LogP contribution in [0.5, 0.6) is 0 Å². The molecular weight excluding hydrogens is 435 g/mol. The summed E-state index contributed by atoms with van der Waals surface area (Å²) >= 11 is 0. The Morgan fingerprint density at radius 1 is 1.00 bits per heavy atom. The van der Waals surface area contributed by atoms with Gasteiger partial charge in [-0.15, -0.1) is 0 Å². The van der Waals surface area contributed by atoms with E-state index in [9.17, 15) is 22.8 Å². The van der Waals surface area contributed by atoms with Crippen LogP contribution < -0.4 is 15.7 Å². The second kappa shape index (κ2) is 8.95. The first-order valence-corrected chi connectivity index (χ1v) is 10.1. The van der Waals surface area contributed by atoms with Crippen LogP contribution in [0.3, 0.4) is 0 Å². The van der Waals surface area contributed by atoms with Gasteiger partial charge in [-0.05, 0) is 41.5 Å². The third kappa shape index (κ3) is 4.83. The second-order valence-electron chi connectivity index (χ2n) is 7.69. The maximum atomic E-state index is 13.2. The molecule has 33 heavy (non-hydrogen) atoms. The zero-order valence-corrected chi connectivity index (χ0v) is 17.3. The van der Waals surface area contributed by atoms with E-state index in [4.69, 9.17) is 5.21 Å². The molecule has 6 nitrogen and oxygen atoms in total. The minimum atomic E-state index is -4.47. The lowest BCUT2D eigenvalue weighted by atomic mass is 9.97. The third-order valence-electron chi connectivity index (χ3n) is 5.50. The van der Waals surface area contributed by atoms with Crippen molar-refractivity contribution in [3.8, 4) is 0 Å². The number of anilines is 2. The first-order valence-electron chi connectivity index (χ1n) is 10.1. The van der Waals surface area contributed by atoms with E-state index in [0.717, 1.165) is 23.4 Å². The Morgan fingerprint density at radius 3 is 2.42 bits per heavy atom. The molecule has 3 aromatic carbocycles. The fourth-order valence-electron chi connectivity index (χ4n) is 3.87. The van der Waals surface area contributed by atoms with Crippen molar-refractivity contribution < 1.29 is 28.0 Å².